The second-order valence-electron chi connectivity index (χ2n) is 7.58. The Bertz CT molecular complexity index is 1020. The number of halogens is 1. The number of amides is 1. The largest absolute Gasteiger partial charge is 0.348 e. The van der Waals surface area contributed by atoms with E-state index in [9.17, 15) is 9.18 Å². The third kappa shape index (κ3) is 2.19. The molecule has 1 amide bonds. The minimum Gasteiger partial charge on any atom is -0.348 e. The Morgan fingerprint density at radius 1 is 1.46 bits per heavy atom. The minimum atomic E-state index is -1.39. The first kappa shape index (κ1) is 15.5. The van der Waals surface area contributed by atoms with Crippen LogP contribution in [-0.2, 0) is 11.2 Å². The van der Waals surface area contributed by atoms with E-state index in [1.165, 1.54) is 6.92 Å². The molecule has 4 heterocycles. The zero-order valence-corrected chi connectivity index (χ0v) is 14.7. The number of alkyl halides is 1. The van der Waals surface area contributed by atoms with Crippen LogP contribution in [0.1, 0.15) is 42.0 Å². The van der Waals surface area contributed by atoms with Gasteiger partial charge < -0.3 is 9.88 Å². The number of H-pyrrole nitrogens is 1. The molecule has 1 aliphatic heterocycles. The third-order valence-corrected chi connectivity index (χ3v) is 5.69. The van der Waals surface area contributed by atoms with E-state index in [-0.39, 0.29) is 11.9 Å². The number of pyridine rings is 1. The summed E-state index contributed by atoms with van der Waals surface area (Å²) < 4.78 is 16.0. The lowest BCUT2D eigenvalue weighted by Crippen LogP contribution is -2.42. The molecule has 26 heavy (non-hydrogen) atoms. The summed E-state index contributed by atoms with van der Waals surface area (Å²) in [7, 11) is 0. The van der Waals surface area contributed by atoms with E-state index in [4.69, 9.17) is 5.10 Å². The molecular weight excluding hydrogens is 333 g/mol. The number of fused-ring (bicyclic) bond motifs is 2. The van der Waals surface area contributed by atoms with E-state index in [1.54, 1.807) is 11.2 Å². The smallest absolute Gasteiger partial charge is 0.229 e. The molecule has 1 fully saturated rings. The van der Waals surface area contributed by atoms with Crippen LogP contribution >= 0.6 is 0 Å². The molecular formula is C19H20FN5O. The van der Waals surface area contributed by atoms with Gasteiger partial charge in [0, 0.05) is 24.9 Å². The van der Waals surface area contributed by atoms with Crippen LogP contribution in [0.3, 0.4) is 0 Å². The minimum absolute atomic E-state index is 0.137. The summed E-state index contributed by atoms with van der Waals surface area (Å²) in [5.41, 5.74) is 3.32. The second kappa shape index (κ2) is 5.16. The number of aryl methyl sites for hydroxylation is 1. The number of aromatic amines is 1. The third-order valence-electron chi connectivity index (χ3n) is 5.69. The Morgan fingerprint density at radius 2 is 2.27 bits per heavy atom. The predicted molar refractivity (Wildman–Crippen MR) is 93.4 cm³/mol. The molecule has 0 bridgehead atoms. The monoisotopic (exact) mass is 353 g/mol. The summed E-state index contributed by atoms with van der Waals surface area (Å²) in [5.74, 6) is -0.688. The van der Waals surface area contributed by atoms with Gasteiger partial charge in [-0.1, -0.05) is 6.07 Å². The Labute approximate surface area is 150 Å². The number of nitrogens with zero attached hydrogens (tertiary/aromatic N) is 4. The number of nitrogens with one attached hydrogen (secondary N) is 1. The topological polar surface area (TPSA) is 66.3 Å². The molecule has 134 valence electrons. The van der Waals surface area contributed by atoms with Crippen molar-refractivity contribution in [2.24, 2.45) is 5.92 Å². The summed E-state index contributed by atoms with van der Waals surface area (Å²) >= 11 is 0. The molecule has 2 aliphatic rings. The van der Waals surface area contributed by atoms with Crippen LogP contribution in [0.15, 0.2) is 30.7 Å². The molecule has 0 aromatic carbocycles. The van der Waals surface area contributed by atoms with Gasteiger partial charge in [0.1, 0.15) is 11.7 Å². The van der Waals surface area contributed by atoms with E-state index < -0.39 is 11.6 Å². The zero-order chi connectivity index (χ0) is 18.1. The van der Waals surface area contributed by atoms with Crippen molar-refractivity contribution < 1.29 is 9.18 Å². The molecule has 0 saturated heterocycles. The van der Waals surface area contributed by atoms with Gasteiger partial charge in [-0.2, -0.15) is 5.10 Å². The normalized spacial score (nSPS) is 27.6. The Morgan fingerprint density at radius 3 is 3.00 bits per heavy atom. The lowest BCUT2D eigenvalue weighted by Gasteiger charge is -2.34. The van der Waals surface area contributed by atoms with Crippen molar-refractivity contribution in [2.75, 3.05) is 6.54 Å². The summed E-state index contributed by atoms with van der Waals surface area (Å²) in [6.07, 6.45) is 4.54. The van der Waals surface area contributed by atoms with Gasteiger partial charge >= 0.3 is 0 Å². The van der Waals surface area contributed by atoms with Gasteiger partial charge in [0.25, 0.3) is 0 Å². The first-order valence-electron chi connectivity index (χ1n) is 8.92. The molecule has 1 saturated carbocycles. The van der Waals surface area contributed by atoms with Gasteiger partial charge in [-0.3, -0.25) is 4.79 Å². The maximum absolute atomic E-state index is 14.2. The van der Waals surface area contributed by atoms with Crippen LogP contribution in [0.5, 0.6) is 0 Å². The lowest BCUT2D eigenvalue weighted by atomic mass is 9.98. The van der Waals surface area contributed by atoms with Gasteiger partial charge in [0.05, 0.1) is 29.1 Å². The highest BCUT2D eigenvalue weighted by Crippen LogP contribution is 2.49. The molecule has 5 rings (SSSR count). The molecule has 6 nitrogen and oxygen atoms in total. The van der Waals surface area contributed by atoms with Crippen molar-refractivity contribution in [2.45, 2.75) is 38.4 Å². The fourth-order valence-electron chi connectivity index (χ4n) is 4.01. The van der Waals surface area contributed by atoms with Crippen molar-refractivity contribution in [3.05, 3.63) is 53.4 Å². The average Bonchev–Trinajstić information content (AvgIpc) is 2.99. The van der Waals surface area contributed by atoms with Gasteiger partial charge in [-0.05, 0) is 38.0 Å². The highest BCUT2D eigenvalue weighted by molar-refractivity contribution is 5.84. The van der Waals surface area contributed by atoms with Gasteiger partial charge in [0.2, 0.25) is 5.91 Å². The van der Waals surface area contributed by atoms with Crippen molar-refractivity contribution in [1.29, 1.82) is 0 Å². The Kier molecular flexibility index (Phi) is 3.08. The molecule has 0 radical (unpaired) electrons. The quantitative estimate of drug-likeness (QED) is 0.770. The van der Waals surface area contributed by atoms with Crippen LogP contribution in [0.25, 0.3) is 5.52 Å². The Hall–Kier alpha value is -2.70. The van der Waals surface area contributed by atoms with Crippen LogP contribution in [-0.4, -0.2) is 42.6 Å². The van der Waals surface area contributed by atoms with Crippen molar-refractivity contribution in [1.82, 2.24) is 24.5 Å². The van der Waals surface area contributed by atoms with Gasteiger partial charge in [-0.25, -0.2) is 13.9 Å². The van der Waals surface area contributed by atoms with Gasteiger partial charge in [-0.15, -0.1) is 0 Å². The predicted octanol–water partition coefficient (Wildman–Crippen LogP) is 2.59. The molecule has 1 unspecified atom stereocenters. The standard InChI is InChI=1S/C19H20FN5O/c1-11-4-3-6-25-15(11)8-14(23-25)17-16-13(21-10-22-16)5-7-24(17)18(26)12-9-19(12,2)20/h3-4,6,8,10,12,17H,5,7,9H2,1-2H3,(H,21,22)/t12-,17-,19?/m1/s1. The highest BCUT2D eigenvalue weighted by atomic mass is 19.1. The zero-order valence-electron chi connectivity index (χ0n) is 14.7. The van der Waals surface area contributed by atoms with Crippen molar-refractivity contribution in [3.63, 3.8) is 0 Å². The van der Waals surface area contributed by atoms with E-state index >= 15 is 0 Å². The number of hydrogen-bond donors (Lipinski definition) is 1. The van der Waals surface area contributed by atoms with Crippen LogP contribution < -0.4 is 0 Å². The van der Waals surface area contributed by atoms with E-state index in [0.29, 0.717) is 19.4 Å². The van der Waals surface area contributed by atoms with Crippen LogP contribution in [0.2, 0.25) is 0 Å². The lowest BCUT2D eigenvalue weighted by molar-refractivity contribution is -0.135. The SMILES string of the molecule is Cc1cccn2nc([C@@H]3c4nc[nH]c4CCN3C(=O)[C@H]3CC3(C)F)cc12. The molecule has 1 aliphatic carbocycles. The number of carbonyl (C=O) groups excluding carboxylic acids is 1. The first-order valence-corrected chi connectivity index (χ1v) is 8.92. The fraction of sp³-hybridized carbons (Fsp3) is 0.421. The summed E-state index contributed by atoms with van der Waals surface area (Å²) in [6, 6.07) is 5.60. The number of carbonyl (C=O) groups is 1. The van der Waals surface area contributed by atoms with E-state index in [0.717, 1.165) is 28.2 Å². The van der Waals surface area contributed by atoms with Crippen LogP contribution in [0.4, 0.5) is 4.39 Å². The molecule has 3 aromatic rings. The number of hydrogen-bond acceptors (Lipinski definition) is 3. The number of rotatable bonds is 2. The summed E-state index contributed by atoms with van der Waals surface area (Å²) in [5, 5.41) is 4.70. The fourth-order valence-corrected chi connectivity index (χ4v) is 4.01. The molecule has 0 spiro atoms. The molecule has 3 aromatic heterocycles. The number of aromatic nitrogens is 4. The average molecular weight is 353 g/mol. The van der Waals surface area contributed by atoms with Gasteiger partial charge in [0.15, 0.2) is 0 Å². The highest BCUT2D eigenvalue weighted by Gasteiger charge is 2.58. The van der Waals surface area contributed by atoms with Crippen molar-refractivity contribution in [3.8, 4) is 0 Å². The molecule has 7 heteroatoms. The number of imidazole rings is 1. The summed E-state index contributed by atoms with van der Waals surface area (Å²) in [4.78, 5) is 22.4. The van der Waals surface area contributed by atoms with Crippen LogP contribution in [0, 0.1) is 12.8 Å². The molecule has 3 atom stereocenters. The second-order valence-corrected chi connectivity index (χ2v) is 7.58. The first-order chi connectivity index (χ1) is 12.5. The van der Waals surface area contributed by atoms with Crippen molar-refractivity contribution >= 4 is 11.4 Å². The Balaban J connectivity index is 1.61. The summed E-state index contributed by atoms with van der Waals surface area (Å²) in [6.45, 7) is 4.07. The molecule has 1 N–H and O–H groups in total. The van der Waals surface area contributed by atoms with E-state index in [2.05, 4.69) is 9.97 Å². The van der Waals surface area contributed by atoms with E-state index in [1.807, 2.05) is 35.8 Å². The maximum atomic E-state index is 14.2. The maximum Gasteiger partial charge on any atom is 0.229 e.